The summed E-state index contributed by atoms with van der Waals surface area (Å²) in [6, 6.07) is 21.3. The van der Waals surface area contributed by atoms with Crippen molar-refractivity contribution in [2.24, 2.45) is 4.99 Å². The maximum atomic E-state index is 13.8. The van der Waals surface area contributed by atoms with E-state index >= 15 is 0 Å². The maximum Gasteiger partial charge on any atom is 0.184 e. The molecule has 2 unspecified atom stereocenters. The van der Waals surface area contributed by atoms with Gasteiger partial charge in [0.2, 0.25) is 0 Å². The zero-order valence-corrected chi connectivity index (χ0v) is 19.9. The van der Waals surface area contributed by atoms with E-state index in [4.69, 9.17) is 4.99 Å². The molecule has 1 saturated heterocycles. The van der Waals surface area contributed by atoms with Crippen molar-refractivity contribution in [3.8, 4) is 0 Å². The molecular weight excluding hydrogens is 439 g/mol. The predicted octanol–water partition coefficient (Wildman–Crippen LogP) is 4.51. The van der Waals surface area contributed by atoms with Gasteiger partial charge in [-0.3, -0.25) is 14.7 Å². The molecule has 1 N–H and O–H groups in total. The van der Waals surface area contributed by atoms with Gasteiger partial charge < -0.3 is 10.2 Å². The maximum absolute atomic E-state index is 13.8. The fraction of sp³-hybridized carbons (Fsp3) is 0.310. The van der Waals surface area contributed by atoms with Gasteiger partial charge in [0.05, 0.1) is 17.7 Å². The smallest absolute Gasteiger partial charge is 0.184 e. The van der Waals surface area contributed by atoms with E-state index in [1.54, 1.807) is 0 Å². The number of piperazine rings is 1. The van der Waals surface area contributed by atoms with Gasteiger partial charge in [0.1, 0.15) is 12.4 Å². The molecule has 0 spiro atoms. The molecule has 0 saturated carbocycles. The number of likely N-dealkylation sites (N-methyl/N-ethyl adjacent to an activating group) is 1. The number of rotatable bonds is 4. The molecule has 3 aromatic rings. The number of ketones is 1. The molecule has 2 atom stereocenters. The number of Topliss-reactive ketones (excluding diaryl/α,β-unsaturated/α-hetero) is 1. The number of halogens is 1. The molecule has 3 aliphatic heterocycles. The molecule has 35 heavy (non-hydrogen) atoms. The summed E-state index contributed by atoms with van der Waals surface area (Å²) in [5.74, 6) is -0.345. The second-order valence-electron chi connectivity index (χ2n) is 9.83. The van der Waals surface area contributed by atoms with Crippen molar-refractivity contribution >= 4 is 17.2 Å². The SMILES string of the molecule is CN1CCN(Cc2ccc(C3Nc4cccc5c4C(=NCC5=O)C3c3ccc(F)cc3)cc2)CC1. The van der Waals surface area contributed by atoms with Crippen molar-refractivity contribution in [1.82, 2.24) is 9.80 Å². The van der Waals surface area contributed by atoms with Crippen molar-refractivity contribution in [3.05, 3.63) is 100 Å². The van der Waals surface area contributed by atoms with Gasteiger partial charge in [-0.2, -0.15) is 0 Å². The number of carbonyl (C=O) groups excluding carboxylic acids is 1. The summed E-state index contributed by atoms with van der Waals surface area (Å²) in [5.41, 5.74) is 6.88. The lowest BCUT2D eigenvalue weighted by Gasteiger charge is -2.38. The van der Waals surface area contributed by atoms with Crippen LogP contribution in [0.3, 0.4) is 0 Å². The average Bonchev–Trinajstić information content (AvgIpc) is 2.88. The molecule has 6 heteroatoms. The Hall–Kier alpha value is -3.35. The number of hydrogen-bond acceptors (Lipinski definition) is 5. The normalized spacial score (nSPS) is 22.3. The third kappa shape index (κ3) is 4.17. The standard InChI is InChI=1S/C29H29FN4O/c1-33-13-15-34(16-14-33)18-19-5-7-21(8-6-19)28-26(20-9-11-22(30)12-10-20)29-27-23(25(35)17-31-29)3-2-4-24(27)32-28/h2-12,26,28,32H,13-18H2,1H3. The third-order valence-electron chi connectivity index (χ3n) is 7.52. The van der Waals surface area contributed by atoms with Gasteiger partial charge in [0.15, 0.2) is 5.78 Å². The summed E-state index contributed by atoms with van der Waals surface area (Å²) in [4.78, 5) is 22.2. The molecule has 0 bridgehead atoms. The number of benzene rings is 3. The van der Waals surface area contributed by atoms with Crippen LogP contribution in [0.15, 0.2) is 71.7 Å². The molecule has 0 aliphatic carbocycles. The molecule has 0 radical (unpaired) electrons. The second-order valence-corrected chi connectivity index (χ2v) is 9.83. The molecule has 178 valence electrons. The highest BCUT2D eigenvalue weighted by atomic mass is 19.1. The van der Waals surface area contributed by atoms with Crippen LogP contribution in [0.2, 0.25) is 0 Å². The topological polar surface area (TPSA) is 47.9 Å². The molecular formula is C29H29FN4O. The summed E-state index contributed by atoms with van der Waals surface area (Å²) >= 11 is 0. The highest BCUT2D eigenvalue weighted by Crippen LogP contribution is 2.45. The van der Waals surface area contributed by atoms with E-state index in [0.717, 1.165) is 60.8 Å². The van der Waals surface area contributed by atoms with Crippen LogP contribution >= 0.6 is 0 Å². The Morgan fingerprint density at radius 1 is 0.943 bits per heavy atom. The van der Waals surface area contributed by atoms with Crippen LogP contribution in [-0.2, 0) is 6.54 Å². The van der Waals surface area contributed by atoms with Gasteiger partial charge in [-0.25, -0.2) is 4.39 Å². The summed E-state index contributed by atoms with van der Waals surface area (Å²) in [6.07, 6.45) is 0. The van der Waals surface area contributed by atoms with Gasteiger partial charge in [0.25, 0.3) is 0 Å². The van der Waals surface area contributed by atoms with Crippen LogP contribution in [0.5, 0.6) is 0 Å². The van der Waals surface area contributed by atoms with E-state index in [9.17, 15) is 9.18 Å². The molecule has 5 nitrogen and oxygen atoms in total. The van der Waals surface area contributed by atoms with E-state index in [2.05, 4.69) is 46.4 Å². The Bertz CT molecular complexity index is 1280. The first-order valence-corrected chi connectivity index (χ1v) is 12.3. The molecule has 1 fully saturated rings. The number of nitrogens with one attached hydrogen (secondary N) is 1. The lowest BCUT2D eigenvalue weighted by atomic mass is 9.75. The minimum atomic E-state index is -0.260. The van der Waals surface area contributed by atoms with Crippen LogP contribution in [0.1, 0.15) is 44.6 Å². The number of hydrogen-bond donors (Lipinski definition) is 1. The minimum absolute atomic E-state index is 0.0389. The summed E-state index contributed by atoms with van der Waals surface area (Å²) in [7, 11) is 2.18. The van der Waals surface area contributed by atoms with Gasteiger partial charge >= 0.3 is 0 Å². The van der Waals surface area contributed by atoms with Gasteiger partial charge in [-0.05, 0) is 41.9 Å². The van der Waals surface area contributed by atoms with Crippen LogP contribution < -0.4 is 5.32 Å². The molecule has 0 amide bonds. The predicted molar refractivity (Wildman–Crippen MR) is 137 cm³/mol. The van der Waals surface area contributed by atoms with Gasteiger partial charge in [-0.1, -0.05) is 48.5 Å². The van der Waals surface area contributed by atoms with Gasteiger partial charge in [-0.15, -0.1) is 0 Å². The fourth-order valence-corrected chi connectivity index (χ4v) is 5.56. The zero-order valence-electron chi connectivity index (χ0n) is 19.9. The summed E-state index contributed by atoms with van der Waals surface area (Å²) in [5, 5.41) is 3.70. The van der Waals surface area contributed by atoms with Crippen LogP contribution in [0, 0.1) is 5.82 Å². The molecule has 0 aromatic heterocycles. The first-order chi connectivity index (χ1) is 17.1. The lowest BCUT2D eigenvalue weighted by Crippen LogP contribution is -2.43. The monoisotopic (exact) mass is 468 g/mol. The van der Waals surface area contributed by atoms with E-state index in [1.165, 1.54) is 17.7 Å². The van der Waals surface area contributed by atoms with Gasteiger partial charge in [0, 0.05) is 49.5 Å². The highest BCUT2D eigenvalue weighted by molar-refractivity contribution is 6.21. The quantitative estimate of drug-likeness (QED) is 0.612. The second kappa shape index (κ2) is 9.02. The first kappa shape index (κ1) is 22.1. The minimum Gasteiger partial charge on any atom is -0.377 e. The largest absolute Gasteiger partial charge is 0.377 e. The van der Waals surface area contributed by atoms with Crippen LogP contribution in [0.25, 0.3) is 0 Å². The first-order valence-electron chi connectivity index (χ1n) is 12.3. The molecule has 6 rings (SSSR count). The third-order valence-corrected chi connectivity index (χ3v) is 7.52. The summed E-state index contributed by atoms with van der Waals surface area (Å²) in [6.45, 7) is 5.50. The van der Waals surface area contributed by atoms with Crippen LogP contribution in [-0.4, -0.2) is 61.1 Å². The Balaban J connectivity index is 1.36. The molecule has 3 aliphatic rings. The van der Waals surface area contributed by atoms with E-state index < -0.39 is 0 Å². The van der Waals surface area contributed by atoms with E-state index in [0.29, 0.717) is 5.56 Å². The lowest BCUT2D eigenvalue weighted by molar-refractivity contribution is 0.1000. The van der Waals surface area contributed by atoms with Crippen molar-refractivity contribution in [1.29, 1.82) is 0 Å². The van der Waals surface area contributed by atoms with Crippen molar-refractivity contribution in [2.45, 2.75) is 18.5 Å². The highest BCUT2D eigenvalue weighted by Gasteiger charge is 2.39. The zero-order chi connectivity index (χ0) is 23.9. The number of nitrogens with zero attached hydrogens (tertiary/aromatic N) is 3. The van der Waals surface area contributed by atoms with Crippen molar-refractivity contribution < 1.29 is 9.18 Å². The summed E-state index contributed by atoms with van der Waals surface area (Å²) < 4.78 is 13.8. The number of anilines is 1. The van der Waals surface area contributed by atoms with Crippen molar-refractivity contribution in [3.63, 3.8) is 0 Å². The Labute approximate surface area is 205 Å². The van der Waals surface area contributed by atoms with E-state index in [-0.39, 0.29) is 30.1 Å². The number of carbonyl (C=O) groups is 1. The van der Waals surface area contributed by atoms with Crippen LogP contribution in [0.4, 0.5) is 10.1 Å². The average molecular weight is 469 g/mol. The van der Waals surface area contributed by atoms with Crippen molar-refractivity contribution in [2.75, 3.05) is 45.1 Å². The van der Waals surface area contributed by atoms with E-state index in [1.807, 2.05) is 30.3 Å². The fourth-order valence-electron chi connectivity index (χ4n) is 5.56. The Morgan fingerprint density at radius 2 is 1.66 bits per heavy atom. The number of aliphatic imine (C=N–C) groups is 1. The Morgan fingerprint density at radius 3 is 2.40 bits per heavy atom. The Kier molecular flexibility index (Phi) is 5.71. The molecule has 3 heterocycles. The molecule has 3 aromatic carbocycles.